The highest BCUT2D eigenvalue weighted by Gasteiger charge is 2.13. The standard InChI is InChI=1S/C15H14Br2N2O/c1-8-3-4-12(17)11(5-8)15(20)19-14-9(2)6-10(16)7-13(14)18/h3-7H,18H2,1-2H3,(H,19,20). The molecule has 0 bridgehead atoms. The van der Waals surface area contributed by atoms with E-state index >= 15 is 0 Å². The largest absolute Gasteiger partial charge is 0.397 e. The summed E-state index contributed by atoms with van der Waals surface area (Å²) in [6, 6.07) is 9.33. The average molecular weight is 398 g/mol. The van der Waals surface area contributed by atoms with Gasteiger partial charge in [0.05, 0.1) is 16.9 Å². The van der Waals surface area contributed by atoms with Gasteiger partial charge in [-0.1, -0.05) is 27.6 Å². The van der Waals surface area contributed by atoms with Crippen LogP contribution in [-0.4, -0.2) is 5.91 Å². The average Bonchev–Trinajstić information content (AvgIpc) is 2.36. The van der Waals surface area contributed by atoms with Crippen molar-refractivity contribution in [1.82, 2.24) is 0 Å². The van der Waals surface area contributed by atoms with Crippen molar-refractivity contribution in [3.63, 3.8) is 0 Å². The maximum absolute atomic E-state index is 12.4. The third-order valence-electron chi connectivity index (χ3n) is 2.94. The van der Waals surface area contributed by atoms with Crippen molar-refractivity contribution < 1.29 is 4.79 Å². The predicted molar refractivity (Wildman–Crippen MR) is 90.1 cm³/mol. The van der Waals surface area contributed by atoms with Gasteiger partial charge in [0.1, 0.15) is 0 Å². The first kappa shape index (κ1) is 15.1. The Morgan fingerprint density at radius 2 is 1.85 bits per heavy atom. The topological polar surface area (TPSA) is 55.1 Å². The zero-order valence-electron chi connectivity index (χ0n) is 11.1. The quantitative estimate of drug-likeness (QED) is 0.723. The van der Waals surface area contributed by atoms with E-state index in [9.17, 15) is 4.79 Å². The smallest absolute Gasteiger partial charge is 0.256 e. The van der Waals surface area contributed by atoms with Crippen molar-refractivity contribution >= 4 is 49.1 Å². The molecule has 104 valence electrons. The summed E-state index contributed by atoms with van der Waals surface area (Å²) >= 11 is 6.77. The second-order valence-electron chi connectivity index (χ2n) is 4.62. The van der Waals surface area contributed by atoms with Crippen molar-refractivity contribution in [2.24, 2.45) is 0 Å². The van der Waals surface area contributed by atoms with E-state index in [-0.39, 0.29) is 5.91 Å². The Kier molecular flexibility index (Phi) is 4.50. The van der Waals surface area contributed by atoms with Crippen molar-refractivity contribution in [2.45, 2.75) is 13.8 Å². The minimum Gasteiger partial charge on any atom is -0.397 e. The van der Waals surface area contributed by atoms with Gasteiger partial charge in [-0.2, -0.15) is 0 Å². The van der Waals surface area contributed by atoms with Crippen LogP contribution >= 0.6 is 31.9 Å². The molecule has 2 aromatic carbocycles. The lowest BCUT2D eigenvalue weighted by molar-refractivity contribution is 0.102. The van der Waals surface area contributed by atoms with Crippen molar-refractivity contribution in [3.8, 4) is 0 Å². The summed E-state index contributed by atoms with van der Waals surface area (Å²) < 4.78 is 1.65. The molecule has 0 saturated carbocycles. The second-order valence-corrected chi connectivity index (χ2v) is 6.39. The molecular weight excluding hydrogens is 384 g/mol. The number of hydrogen-bond acceptors (Lipinski definition) is 2. The third-order valence-corrected chi connectivity index (χ3v) is 4.09. The highest BCUT2D eigenvalue weighted by molar-refractivity contribution is 9.10. The number of aryl methyl sites for hydroxylation is 2. The molecule has 2 rings (SSSR count). The fraction of sp³-hybridized carbons (Fsp3) is 0.133. The molecule has 0 aliphatic carbocycles. The van der Waals surface area contributed by atoms with Crippen LogP contribution in [0.3, 0.4) is 0 Å². The lowest BCUT2D eigenvalue weighted by Gasteiger charge is -2.13. The van der Waals surface area contributed by atoms with Crippen LogP contribution in [0.4, 0.5) is 11.4 Å². The molecule has 0 aliphatic rings. The fourth-order valence-corrected chi connectivity index (χ4v) is 2.95. The highest BCUT2D eigenvalue weighted by atomic mass is 79.9. The van der Waals surface area contributed by atoms with E-state index in [1.54, 1.807) is 6.07 Å². The summed E-state index contributed by atoms with van der Waals surface area (Å²) in [5, 5.41) is 2.88. The summed E-state index contributed by atoms with van der Waals surface area (Å²) in [7, 11) is 0. The summed E-state index contributed by atoms with van der Waals surface area (Å²) in [6.45, 7) is 3.85. The molecule has 0 atom stereocenters. The van der Waals surface area contributed by atoms with Gasteiger partial charge in [0.25, 0.3) is 5.91 Å². The van der Waals surface area contributed by atoms with E-state index in [1.165, 1.54) is 0 Å². The number of amides is 1. The zero-order valence-corrected chi connectivity index (χ0v) is 14.3. The van der Waals surface area contributed by atoms with Gasteiger partial charge in [-0.25, -0.2) is 0 Å². The zero-order chi connectivity index (χ0) is 14.9. The second kappa shape index (κ2) is 5.97. The monoisotopic (exact) mass is 396 g/mol. The van der Waals surface area contributed by atoms with E-state index in [1.807, 2.05) is 38.1 Å². The first-order valence-corrected chi connectivity index (χ1v) is 7.60. The Morgan fingerprint density at radius 1 is 1.15 bits per heavy atom. The number of carbonyl (C=O) groups excluding carboxylic acids is 1. The SMILES string of the molecule is Cc1ccc(Br)c(C(=O)Nc2c(C)cc(Br)cc2N)c1. The number of nitrogens with one attached hydrogen (secondary N) is 1. The van der Waals surface area contributed by atoms with E-state index in [2.05, 4.69) is 37.2 Å². The molecule has 1 amide bonds. The van der Waals surface area contributed by atoms with E-state index in [4.69, 9.17) is 5.73 Å². The molecule has 20 heavy (non-hydrogen) atoms. The van der Waals surface area contributed by atoms with Gasteiger partial charge in [0, 0.05) is 8.95 Å². The Bertz CT molecular complexity index is 661. The van der Waals surface area contributed by atoms with Crippen molar-refractivity contribution in [1.29, 1.82) is 0 Å². The maximum Gasteiger partial charge on any atom is 0.256 e. The number of halogens is 2. The highest BCUT2D eigenvalue weighted by Crippen LogP contribution is 2.29. The van der Waals surface area contributed by atoms with Crippen LogP contribution in [0, 0.1) is 13.8 Å². The van der Waals surface area contributed by atoms with Crippen LogP contribution in [-0.2, 0) is 0 Å². The molecule has 0 heterocycles. The number of nitrogen functional groups attached to an aromatic ring is 1. The molecule has 2 aromatic rings. The van der Waals surface area contributed by atoms with Gasteiger partial charge >= 0.3 is 0 Å². The van der Waals surface area contributed by atoms with Gasteiger partial charge in [-0.05, 0) is 59.6 Å². The van der Waals surface area contributed by atoms with Crippen LogP contribution in [0.5, 0.6) is 0 Å². The summed E-state index contributed by atoms with van der Waals surface area (Å²) in [5.41, 5.74) is 9.67. The summed E-state index contributed by atoms with van der Waals surface area (Å²) in [4.78, 5) is 12.4. The molecule has 0 fully saturated rings. The third kappa shape index (κ3) is 3.22. The van der Waals surface area contributed by atoms with Crippen LogP contribution in [0.1, 0.15) is 21.5 Å². The minimum atomic E-state index is -0.183. The molecule has 0 saturated heterocycles. The first-order chi connectivity index (χ1) is 9.38. The molecule has 0 aliphatic heterocycles. The fourth-order valence-electron chi connectivity index (χ4n) is 1.93. The predicted octanol–water partition coefficient (Wildman–Crippen LogP) is 4.66. The number of carbonyl (C=O) groups is 1. The molecule has 0 radical (unpaired) electrons. The van der Waals surface area contributed by atoms with Crippen LogP contribution in [0.25, 0.3) is 0 Å². The normalized spacial score (nSPS) is 10.4. The van der Waals surface area contributed by atoms with Crippen molar-refractivity contribution in [3.05, 3.63) is 56.0 Å². The Hall–Kier alpha value is -1.33. The van der Waals surface area contributed by atoms with Gasteiger partial charge in [0.2, 0.25) is 0 Å². The number of benzene rings is 2. The number of nitrogens with two attached hydrogens (primary N) is 1. The van der Waals surface area contributed by atoms with Gasteiger partial charge in [-0.3, -0.25) is 4.79 Å². The first-order valence-electron chi connectivity index (χ1n) is 6.01. The Labute approximate surface area is 134 Å². The maximum atomic E-state index is 12.4. The molecule has 0 spiro atoms. The minimum absolute atomic E-state index is 0.183. The van der Waals surface area contributed by atoms with Crippen LogP contribution in [0.15, 0.2) is 39.3 Å². The lowest BCUT2D eigenvalue weighted by atomic mass is 10.1. The number of rotatable bonds is 2. The van der Waals surface area contributed by atoms with Crippen molar-refractivity contribution in [2.75, 3.05) is 11.1 Å². The van der Waals surface area contributed by atoms with Gasteiger partial charge in [0.15, 0.2) is 0 Å². The van der Waals surface area contributed by atoms with Gasteiger partial charge in [-0.15, -0.1) is 0 Å². The summed E-state index contributed by atoms with van der Waals surface area (Å²) in [6.07, 6.45) is 0. The molecule has 5 heteroatoms. The van der Waals surface area contributed by atoms with E-state index < -0.39 is 0 Å². The Morgan fingerprint density at radius 3 is 2.50 bits per heavy atom. The molecule has 3 nitrogen and oxygen atoms in total. The van der Waals surface area contributed by atoms with E-state index in [0.29, 0.717) is 16.9 Å². The lowest BCUT2D eigenvalue weighted by Crippen LogP contribution is -2.15. The molecule has 0 unspecified atom stereocenters. The molecule has 3 N–H and O–H groups in total. The number of hydrogen-bond donors (Lipinski definition) is 2. The van der Waals surface area contributed by atoms with Gasteiger partial charge < -0.3 is 11.1 Å². The van der Waals surface area contributed by atoms with Crippen LogP contribution < -0.4 is 11.1 Å². The Balaban J connectivity index is 2.35. The molecular formula is C15H14Br2N2O. The van der Waals surface area contributed by atoms with Crippen LogP contribution in [0.2, 0.25) is 0 Å². The molecule has 0 aromatic heterocycles. The summed E-state index contributed by atoms with van der Waals surface area (Å²) in [5.74, 6) is -0.183. The number of anilines is 2. The van der Waals surface area contributed by atoms with E-state index in [0.717, 1.165) is 20.1 Å².